The molecule has 114 valence electrons. The molecule has 0 unspecified atom stereocenters. The zero-order chi connectivity index (χ0) is 15.4. The number of nitrogens with one attached hydrogen (secondary N) is 1. The number of hydrogen-bond acceptors (Lipinski definition) is 4. The van der Waals surface area contributed by atoms with Crippen molar-refractivity contribution in [1.29, 1.82) is 0 Å². The van der Waals surface area contributed by atoms with E-state index in [9.17, 15) is 0 Å². The van der Waals surface area contributed by atoms with E-state index in [0.29, 0.717) is 5.92 Å². The number of hydrogen-bond donors (Lipinski definition) is 1. The van der Waals surface area contributed by atoms with Gasteiger partial charge in [0.05, 0.1) is 21.8 Å². The van der Waals surface area contributed by atoms with Gasteiger partial charge in [-0.05, 0) is 41.9 Å². The number of anilines is 1. The minimum Gasteiger partial charge on any atom is -0.369 e. The molecule has 0 saturated heterocycles. The Labute approximate surface area is 139 Å². The minimum atomic E-state index is 0.360. The molecule has 0 aliphatic heterocycles. The molecule has 1 N–H and O–H groups in total. The van der Waals surface area contributed by atoms with E-state index >= 15 is 0 Å². The van der Waals surface area contributed by atoms with E-state index < -0.39 is 0 Å². The van der Waals surface area contributed by atoms with Crippen molar-refractivity contribution in [2.45, 2.75) is 46.6 Å². The monoisotopic (exact) mass is 399 g/mol. The summed E-state index contributed by atoms with van der Waals surface area (Å²) < 4.78 is 3.22. The van der Waals surface area contributed by atoms with Gasteiger partial charge < -0.3 is 9.88 Å². The molecule has 5 nitrogen and oxygen atoms in total. The third-order valence-corrected chi connectivity index (χ3v) is 4.24. The van der Waals surface area contributed by atoms with E-state index in [1.165, 1.54) is 0 Å². The molecule has 2 rings (SSSR count). The molecular formula is C15H22IN5. The van der Waals surface area contributed by atoms with E-state index in [2.05, 4.69) is 65.2 Å². The quantitative estimate of drug-likeness (QED) is 0.749. The van der Waals surface area contributed by atoms with Crippen LogP contribution in [0.3, 0.4) is 0 Å². The Morgan fingerprint density at radius 2 is 2.05 bits per heavy atom. The fourth-order valence-electron chi connectivity index (χ4n) is 2.17. The summed E-state index contributed by atoms with van der Waals surface area (Å²) in [6, 6.07) is 0. The van der Waals surface area contributed by atoms with E-state index in [1.807, 2.05) is 12.5 Å². The fourth-order valence-corrected chi connectivity index (χ4v) is 3.23. The first-order valence-corrected chi connectivity index (χ1v) is 8.48. The van der Waals surface area contributed by atoms with Gasteiger partial charge in [0.25, 0.3) is 0 Å². The van der Waals surface area contributed by atoms with Gasteiger partial charge >= 0.3 is 0 Å². The molecule has 2 aromatic heterocycles. The summed E-state index contributed by atoms with van der Waals surface area (Å²) in [7, 11) is 0. The lowest BCUT2D eigenvalue weighted by Crippen LogP contribution is -2.10. The lowest BCUT2D eigenvalue weighted by molar-refractivity contribution is 0.680. The first-order valence-electron chi connectivity index (χ1n) is 7.40. The van der Waals surface area contributed by atoms with Crippen molar-refractivity contribution in [2.24, 2.45) is 0 Å². The highest BCUT2D eigenvalue weighted by atomic mass is 127. The van der Waals surface area contributed by atoms with E-state index in [1.54, 1.807) is 0 Å². The molecule has 0 saturated carbocycles. The summed E-state index contributed by atoms with van der Waals surface area (Å²) in [5.74, 6) is 2.02. The Kier molecular flexibility index (Phi) is 5.55. The predicted octanol–water partition coefficient (Wildman–Crippen LogP) is 3.91. The molecule has 0 aliphatic carbocycles. The Hall–Kier alpha value is -1.18. The highest BCUT2D eigenvalue weighted by Crippen LogP contribution is 2.28. The van der Waals surface area contributed by atoms with Gasteiger partial charge in [-0.3, -0.25) is 0 Å². The lowest BCUT2D eigenvalue weighted by atomic mass is 10.1. The van der Waals surface area contributed by atoms with Crippen molar-refractivity contribution in [3.8, 4) is 11.5 Å². The van der Waals surface area contributed by atoms with Gasteiger partial charge in [0, 0.05) is 13.1 Å². The molecule has 0 radical (unpaired) electrons. The van der Waals surface area contributed by atoms with Crippen LogP contribution in [0.4, 0.5) is 5.82 Å². The van der Waals surface area contributed by atoms with Crippen molar-refractivity contribution in [3.05, 3.63) is 21.8 Å². The molecule has 6 heteroatoms. The average Bonchev–Trinajstić information content (AvgIpc) is 2.89. The summed E-state index contributed by atoms with van der Waals surface area (Å²) in [5.41, 5.74) is 2.06. The van der Waals surface area contributed by atoms with Crippen LogP contribution >= 0.6 is 22.6 Å². The van der Waals surface area contributed by atoms with Crippen molar-refractivity contribution in [3.63, 3.8) is 0 Å². The van der Waals surface area contributed by atoms with Crippen molar-refractivity contribution >= 4 is 28.4 Å². The molecule has 0 aromatic carbocycles. The minimum absolute atomic E-state index is 0.360. The highest BCUT2D eigenvalue weighted by Gasteiger charge is 2.17. The molecule has 0 spiro atoms. The van der Waals surface area contributed by atoms with Crippen LogP contribution in [0.25, 0.3) is 11.5 Å². The maximum atomic E-state index is 4.78. The van der Waals surface area contributed by atoms with Crippen LogP contribution in [0.15, 0.2) is 12.5 Å². The Balaban J connectivity index is 2.55. The van der Waals surface area contributed by atoms with Crippen LogP contribution in [0.1, 0.15) is 45.7 Å². The SMILES string of the molecule is CCCn1cncc1-c1nc(NCC)c(I)c(C(C)C)n1. The highest BCUT2D eigenvalue weighted by molar-refractivity contribution is 14.1. The van der Waals surface area contributed by atoms with Gasteiger partial charge in [-0.25, -0.2) is 15.0 Å². The third kappa shape index (κ3) is 3.53. The van der Waals surface area contributed by atoms with Gasteiger partial charge in [0.15, 0.2) is 5.82 Å². The van der Waals surface area contributed by atoms with Gasteiger partial charge in [-0.15, -0.1) is 0 Å². The molecule has 0 fully saturated rings. The Bertz CT molecular complexity index is 606. The van der Waals surface area contributed by atoms with Crippen LogP contribution < -0.4 is 5.32 Å². The average molecular weight is 399 g/mol. The Morgan fingerprint density at radius 1 is 1.29 bits per heavy atom. The largest absolute Gasteiger partial charge is 0.369 e. The molecule has 2 aromatic rings. The van der Waals surface area contributed by atoms with E-state index in [4.69, 9.17) is 9.97 Å². The van der Waals surface area contributed by atoms with Crippen LogP contribution in [0.5, 0.6) is 0 Å². The van der Waals surface area contributed by atoms with Crippen LogP contribution in [0, 0.1) is 3.57 Å². The smallest absolute Gasteiger partial charge is 0.180 e. The first-order chi connectivity index (χ1) is 10.1. The first kappa shape index (κ1) is 16.2. The number of nitrogens with zero attached hydrogens (tertiary/aromatic N) is 4. The van der Waals surface area contributed by atoms with Crippen molar-refractivity contribution in [1.82, 2.24) is 19.5 Å². The zero-order valence-electron chi connectivity index (χ0n) is 13.0. The third-order valence-electron chi connectivity index (χ3n) is 3.17. The summed E-state index contributed by atoms with van der Waals surface area (Å²) >= 11 is 2.33. The summed E-state index contributed by atoms with van der Waals surface area (Å²) in [4.78, 5) is 13.7. The van der Waals surface area contributed by atoms with Crippen molar-refractivity contribution in [2.75, 3.05) is 11.9 Å². The number of rotatable bonds is 6. The van der Waals surface area contributed by atoms with Gasteiger partial charge in [0.2, 0.25) is 0 Å². The topological polar surface area (TPSA) is 55.6 Å². The van der Waals surface area contributed by atoms with E-state index in [0.717, 1.165) is 46.1 Å². The number of aromatic nitrogens is 4. The fraction of sp³-hybridized carbons (Fsp3) is 0.533. The van der Waals surface area contributed by atoms with Gasteiger partial charge in [-0.1, -0.05) is 20.8 Å². The summed E-state index contributed by atoms with van der Waals surface area (Å²) in [5, 5.41) is 3.34. The standard InChI is InChI=1S/C15H22IN5/c1-5-7-21-9-17-8-11(21)14-19-13(10(3)4)12(16)15(20-14)18-6-2/h8-10H,5-7H2,1-4H3,(H,18,19,20). The van der Waals surface area contributed by atoms with Gasteiger partial charge in [-0.2, -0.15) is 0 Å². The molecule has 2 heterocycles. The normalized spacial score (nSPS) is 11.1. The number of aryl methyl sites for hydroxylation is 1. The molecular weight excluding hydrogens is 377 g/mol. The molecule has 0 amide bonds. The molecule has 21 heavy (non-hydrogen) atoms. The summed E-state index contributed by atoms with van der Waals surface area (Å²) in [6.07, 6.45) is 4.75. The number of imidazole rings is 1. The number of halogens is 1. The van der Waals surface area contributed by atoms with Crippen molar-refractivity contribution < 1.29 is 0 Å². The molecule has 0 aliphatic rings. The second-order valence-electron chi connectivity index (χ2n) is 5.25. The zero-order valence-corrected chi connectivity index (χ0v) is 15.2. The maximum absolute atomic E-state index is 4.78. The van der Waals surface area contributed by atoms with Gasteiger partial charge in [0.1, 0.15) is 11.5 Å². The summed E-state index contributed by atoms with van der Waals surface area (Å²) in [6.45, 7) is 10.3. The predicted molar refractivity (Wildman–Crippen MR) is 94.5 cm³/mol. The second kappa shape index (κ2) is 7.20. The Morgan fingerprint density at radius 3 is 2.67 bits per heavy atom. The van der Waals surface area contributed by atoms with Crippen LogP contribution in [-0.2, 0) is 6.54 Å². The lowest BCUT2D eigenvalue weighted by Gasteiger charge is -2.15. The van der Waals surface area contributed by atoms with Crippen LogP contribution in [0.2, 0.25) is 0 Å². The second-order valence-corrected chi connectivity index (χ2v) is 6.33. The maximum Gasteiger partial charge on any atom is 0.180 e. The van der Waals surface area contributed by atoms with Crippen LogP contribution in [-0.4, -0.2) is 26.1 Å². The molecule has 0 bridgehead atoms. The van der Waals surface area contributed by atoms with E-state index in [-0.39, 0.29) is 0 Å². The molecule has 0 atom stereocenters.